The number of carbonyl (C=O) groups excluding carboxylic acids is 2. The number of aromatic nitrogens is 1. The summed E-state index contributed by atoms with van der Waals surface area (Å²) < 4.78 is 37.1. The third-order valence-corrected chi connectivity index (χ3v) is 6.09. The molecule has 1 saturated heterocycles. The Morgan fingerprint density at radius 3 is 2.62 bits per heavy atom. The van der Waals surface area contributed by atoms with Crippen molar-refractivity contribution >= 4 is 28.5 Å². The third kappa shape index (κ3) is 6.59. The van der Waals surface area contributed by atoms with Crippen LogP contribution in [0.25, 0.3) is 0 Å². The van der Waals surface area contributed by atoms with Crippen LogP contribution in [0.3, 0.4) is 0 Å². The standard InChI is InChI=1S/C21H27F2N5O5S/c1-11-6-14(23)12(7-13(11)22)10-33-19-17(18(24)31)20(34-27-19)26-21(32)25-4-2-3-5-28-8-15(29)16(30)9-28/h6-7,15-16,29-30H,2-5,8-10H2,1H3,(H2,24,31)(H2,25,26,32). The number of halogens is 2. The maximum atomic E-state index is 14.0. The van der Waals surface area contributed by atoms with Crippen molar-refractivity contribution < 1.29 is 33.3 Å². The van der Waals surface area contributed by atoms with E-state index in [4.69, 9.17) is 10.5 Å². The van der Waals surface area contributed by atoms with Crippen molar-refractivity contribution in [2.45, 2.75) is 38.6 Å². The molecule has 10 nitrogen and oxygen atoms in total. The largest absolute Gasteiger partial charge is 0.471 e. The first-order chi connectivity index (χ1) is 16.2. The number of nitrogens with two attached hydrogens (primary N) is 1. The zero-order chi connectivity index (χ0) is 24.8. The smallest absolute Gasteiger partial charge is 0.319 e. The molecule has 0 radical (unpaired) electrons. The number of carbonyl (C=O) groups is 2. The van der Waals surface area contributed by atoms with E-state index in [1.54, 1.807) is 0 Å². The summed E-state index contributed by atoms with van der Waals surface area (Å²) >= 11 is 0.769. The summed E-state index contributed by atoms with van der Waals surface area (Å²) in [7, 11) is 0. The van der Waals surface area contributed by atoms with Crippen molar-refractivity contribution in [1.29, 1.82) is 0 Å². The zero-order valence-electron chi connectivity index (χ0n) is 18.5. The SMILES string of the molecule is Cc1cc(F)c(COc2nsc(NC(=O)NCCCCN3CC(O)C(O)C3)c2C(N)=O)cc1F. The van der Waals surface area contributed by atoms with Crippen molar-refractivity contribution in [1.82, 2.24) is 14.6 Å². The molecule has 1 aliphatic rings. The lowest BCUT2D eigenvalue weighted by atomic mass is 10.1. The molecular formula is C21H27F2N5O5S. The first-order valence-corrected chi connectivity index (χ1v) is 11.4. The molecule has 186 valence electrons. The number of likely N-dealkylation sites (tertiary alicyclic amines) is 1. The van der Waals surface area contributed by atoms with Crippen molar-refractivity contribution in [2.75, 3.05) is 31.5 Å². The van der Waals surface area contributed by atoms with Gasteiger partial charge in [0.05, 0.1) is 12.2 Å². The fourth-order valence-corrected chi connectivity index (χ4v) is 4.20. The Morgan fingerprint density at radius 2 is 1.94 bits per heavy atom. The molecule has 0 spiro atoms. The summed E-state index contributed by atoms with van der Waals surface area (Å²) in [6.07, 6.45) is -0.0439. The van der Waals surface area contributed by atoms with Crippen LogP contribution in [0.4, 0.5) is 18.6 Å². The summed E-state index contributed by atoms with van der Waals surface area (Å²) in [5, 5.41) is 24.3. The average Bonchev–Trinajstić information content (AvgIpc) is 3.31. The second kappa shape index (κ2) is 11.5. The van der Waals surface area contributed by atoms with Crippen LogP contribution in [0, 0.1) is 18.6 Å². The van der Waals surface area contributed by atoms with Gasteiger partial charge in [-0.15, -0.1) is 0 Å². The Morgan fingerprint density at radius 1 is 1.24 bits per heavy atom. The van der Waals surface area contributed by atoms with Crippen molar-refractivity contribution in [3.05, 3.63) is 40.5 Å². The molecule has 0 bridgehead atoms. The molecule has 13 heteroatoms. The summed E-state index contributed by atoms with van der Waals surface area (Å²) in [5.41, 5.74) is 5.32. The third-order valence-electron chi connectivity index (χ3n) is 5.35. The Bertz CT molecular complexity index is 1030. The fraction of sp³-hybridized carbons (Fsp3) is 0.476. The van der Waals surface area contributed by atoms with Crippen LogP contribution in [0.5, 0.6) is 5.88 Å². The van der Waals surface area contributed by atoms with Gasteiger partial charge in [-0.25, -0.2) is 13.6 Å². The molecule has 0 aliphatic carbocycles. The van der Waals surface area contributed by atoms with Gasteiger partial charge in [0.2, 0.25) is 5.88 Å². The monoisotopic (exact) mass is 499 g/mol. The van der Waals surface area contributed by atoms with Crippen LogP contribution in [-0.2, 0) is 6.61 Å². The van der Waals surface area contributed by atoms with Crippen LogP contribution in [0.1, 0.15) is 34.3 Å². The predicted molar refractivity (Wildman–Crippen MR) is 121 cm³/mol. The number of anilines is 1. The summed E-state index contributed by atoms with van der Waals surface area (Å²) in [5.74, 6) is -2.35. The molecular weight excluding hydrogens is 472 g/mol. The van der Waals surface area contributed by atoms with E-state index in [2.05, 4.69) is 15.0 Å². The normalized spacial score (nSPS) is 18.1. The molecule has 0 saturated carbocycles. The molecule has 2 aromatic rings. The molecule has 1 aliphatic heterocycles. The quantitative estimate of drug-likeness (QED) is 0.310. The van der Waals surface area contributed by atoms with Crippen LogP contribution in [0.2, 0.25) is 0 Å². The number of aliphatic hydroxyl groups is 2. The van der Waals surface area contributed by atoms with E-state index < -0.39 is 35.8 Å². The Kier molecular flexibility index (Phi) is 8.72. The van der Waals surface area contributed by atoms with E-state index in [0.717, 1.165) is 30.1 Å². The van der Waals surface area contributed by atoms with E-state index in [1.807, 2.05) is 4.90 Å². The molecule has 2 unspecified atom stereocenters. The molecule has 1 aromatic heterocycles. The topological polar surface area (TPSA) is 150 Å². The number of ether oxygens (including phenoxy) is 1. The highest BCUT2D eigenvalue weighted by atomic mass is 32.1. The van der Waals surface area contributed by atoms with E-state index in [0.29, 0.717) is 32.6 Å². The summed E-state index contributed by atoms with van der Waals surface area (Å²) in [6.45, 7) is 2.94. The van der Waals surface area contributed by atoms with E-state index in [-0.39, 0.29) is 34.2 Å². The van der Waals surface area contributed by atoms with E-state index in [9.17, 15) is 28.6 Å². The predicted octanol–water partition coefficient (Wildman–Crippen LogP) is 1.35. The lowest BCUT2D eigenvalue weighted by molar-refractivity contribution is 0.0572. The van der Waals surface area contributed by atoms with Gasteiger partial charge in [0.15, 0.2) is 0 Å². The zero-order valence-corrected chi connectivity index (χ0v) is 19.3. The van der Waals surface area contributed by atoms with Crippen molar-refractivity contribution in [2.24, 2.45) is 5.73 Å². The molecule has 3 amide bonds. The second-order valence-corrected chi connectivity index (χ2v) is 8.79. The van der Waals surface area contributed by atoms with E-state index >= 15 is 0 Å². The van der Waals surface area contributed by atoms with Gasteiger partial charge in [-0.2, -0.15) is 4.37 Å². The van der Waals surface area contributed by atoms with Gasteiger partial charge < -0.3 is 26.0 Å². The number of urea groups is 1. The Labute approximate surface area is 198 Å². The number of rotatable bonds is 10. The van der Waals surface area contributed by atoms with E-state index in [1.165, 1.54) is 6.92 Å². The Balaban J connectivity index is 1.48. The molecule has 1 fully saturated rings. The minimum absolute atomic E-state index is 0.0586. The van der Waals surface area contributed by atoms with Gasteiger partial charge in [-0.1, -0.05) is 0 Å². The number of unbranched alkanes of at least 4 members (excludes halogenated alkanes) is 1. The van der Waals surface area contributed by atoms with Crippen LogP contribution >= 0.6 is 11.5 Å². The van der Waals surface area contributed by atoms with Crippen molar-refractivity contribution in [3.8, 4) is 5.88 Å². The maximum absolute atomic E-state index is 14.0. The molecule has 1 aromatic carbocycles. The highest BCUT2D eigenvalue weighted by Crippen LogP contribution is 2.31. The number of aryl methyl sites for hydroxylation is 1. The molecule has 6 N–H and O–H groups in total. The molecule has 34 heavy (non-hydrogen) atoms. The van der Waals surface area contributed by atoms with Crippen molar-refractivity contribution in [3.63, 3.8) is 0 Å². The maximum Gasteiger partial charge on any atom is 0.319 e. The second-order valence-electron chi connectivity index (χ2n) is 8.02. The average molecular weight is 500 g/mol. The fourth-order valence-electron chi connectivity index (χ4n) is 3.46. The van der Waals surface area contributed by atoms with Crippen LogP contribution in [0.15, 0.2) is 12.1 Å². The van der Waals surface area contributed by atoms with Crippen LogP contribution < -0.4 is 21.1 Å². The number of nitrogens with zero attached hydrogens (tertiary/aromatic N) is 2. The minimum Gasteiger partial charge on any atom is -0.471 e. The number of aliphatic hydroxyl groups excluding tert-OH is 2. The first-order valence-electron chi connectivity index (χ1n) is 10.7. The number of amides is 3. The van der Waals surface area contributed by atoms with Gasteiger partial charge in [-0.05, 0) is 55.5 Å². The van der Waals surface area contributed by atoms with Gasteiger partial charge in [0.1, 0.15) is 28.8 Å². The van der Waals surface area contributed by atoms with Crippen LogP contribution in [-0.4, -0.2) is 69.8 Å². The molecule has 3 rings (SSSR count). The highest BCUT2D eigenvalue weighted by molar-refractivity contribution is 7.11. The minimum atomic E-state index is -0.899. The number of primary amides is 1. The number of β-amino-alcohol motifs (C(OH)–C–C–N with tert-alkyl or cyclic N) is 2. The number of benzene rings is 1. The lowest BCUT2D eigenvalue weighted by Crippen LogP contribution is -2.31. The number of nitrogens with one attached hydrogen (secondary N) is 2. The first kappa shape index (κ1) is 25.7. The van der Waals surface area contributed by atoms with Gasteiger partial charge >= 0.3 is 6.03 Å². The molecule has 2 heterocycles. The van der Waals surface area contributed by atoms with Gasteiger partial charge in [0.25, 0.3) is 5.91 Å². The lowest BCUT2D eigenvalue weighted by Gasteiger charge is -2.14. The highest BCUT2D eigenvalue weighted by Gasteiger charge is 2.28. The van der Waals surface area contributed by atoms with Gasteiger partial charge in [0, 0.05) is 25.2 Å². The summed E-state index contributed by atoms with van der Waals surface area (Å²) in [4.78, 5) is 26.0. The number of hydrogen-bond acceptors (Lipinski definition) is 8. The molecule has 2 atom stereocenters. The Hall–Kier alpha value is -2.87. The summed E-state index contributed by atoms with van der Waals surface area (Å²) in [6, 6.07) is 1.47. The van der Waals surface area contributed by atoms with Gasteiger partial charge in [-0.3, -0.25) is 15.0 Å². The number of hydrogen-bond donors (Lipinski definition) is 5.